The maximum absolute atomic E-state index is 11.5. The van der Waals surface area contributed by atoms with Gasteiger partial charge in [-0.25, -0.2) is 5.48 Å². The number of hydrogen-bond donors (Lipinski definition) is 3. The number of hydroxylamine groups is 1. The molecule has 0 aliphatic rings. The number of rotatable bonds is 7. The molecule has 1 aromatic rings. The Balaban J connectivity index is 2.76. The van der Waals surface area contributed by atoms with Crippen molar-refractivity contribution >= 4 is 13.3 Å². The third kappa shape index (κ3) is 6.16. The number of benzene rings is 1. The molecule has 1 atom stereocenters. The van der Waals surface area contributed by atoms with E-state index in [1.165, 1.54) is 17.0 Å². The predicted molar refractivity (Wildman–Crippen MR) is 73.9 cm³/mol. The van der Waals surface area contributed by atoms with Crippen LogP contribution in [0.1, 0.15) is 5.56 Å². The molecule has 0 heterocycles. The lowest BCUT2D eigenvalue weighted by molar-refractivity contribution is -0.130. The van der Waals surface area contributed by atoms with Gasteiger partial charge in [0.1, 0.15) is 5.75 Å². The highest BCUT2D eigenvalue weighted by molar-refractivity contribution is 7.57. The van der Waals surface area contributed by atoms with Crippen LogP contribution in [0.25, 0.3) is 0 Å². The molecule has 1 amide bonds. The average Bonchev–Trinajstić information content (AvgIpc) is 2.37. The summed E-state index contributed by atoms with van der Waals surface area (Å²) in [6.45, 7) is 1.38. The van der Waals surface area contributed by atoms with E-state index < -0.39 is 13.3 Å². The molecule has 1 unspecified atom stereocenters. The lowest BCUT2D eigenvalue weighted by Crippen LogP contribution is -2.36. The molecule has 7 nitrogen and oxygen atoms in total. The summed E-state index contributed by atoms with van der Waals surface area (Å²) in [5, 5.41) is 8.54. The Morgan fingerprint density at radius 1 is 1.40 bits per heavy atom. The number of ether oxygens (including phenoxy) is 1. The largest absolute Gasteiger partial charge is 0.497 e. The molecule has 0 saturated carbocycles. The van der Waals surface area contributed by atoms with Gasteiger partial charge in [-0.2, -0.15) is 0 Å². The minimum absolute atomic E-state index is 0.132. The first-order valence-electron chi connectivity index (χ1n) is 5.91. The van der Waals surface area contributed by atoms with Crippen molar-refractivity contribution in [1.29, 1.82) is 0 Å². The summed E-state index contributed by atoms with van der Waals surface area (Å²) in [5.74, 6) is 0.0729. The molecule has 0 aliphatic heterocycles. The molecular weight excluding hydrogens is 283 g/mol. The van der Waals surface area contributed by atoms with Crippen LogP contribution in [0.4, 0.5) is 0 Å². The van der Waals surface area contributed by atoms with Crippen LogP contribution in [0.3, 0.4) is 0 Å². The van der Waals surface area contributed by atoms with Crippen LogP contribution in [-0.2, 0) is 15.9 Å². The van der Waals surface area contributed by atoms with Crippen LogP contribution in [0, 0.1) is 0 Å². The van der Waals surface area contributed by atoms with Crippen molar-refractivity contribution < 1.29 is 24.2 Å². The first-order valence-corrected chi connectivity index (χ1v) is 8.21. The van der Waals surface area contributed by atoms with E-state index >= 15 is 0 Å². The number of nitrogens with one attached hydrogen (secondary N) is 1. The zero-order valence-electron chi connectivity index (χ0n) is 11.4. The van der Waals surface area contributed by atoms with Crippen molar-refractivity contribution in [1.82, 2.24) is 10.4 Å². The van der Waals surface area contributed by atoms with Crippen LogP contribution in [0.15, 0.2) is 24.3 Å². The quantitative estimate of drug-likeness (QED) is 0.392. The Labute approximate surface area is 117 Å². The Kier molecular flexibility index (Phi) is 6.16. The average molecular weight is 302 g/mol. The van der Waals surface area contributed by atoms with Crippen molar-refractivity contribution in [3.8, 4) is 5.75 Å². The summed E-state index contributed by atoms with van der Waals surface area (Å²) >= 11 is 0. The van der Waals surface area contributed by atoms with E-state index in [2.05, 4.69) is 0 Å². The standard InChI is InChI=1S/C12H19N2O5P/c1-19-11-5-3-10(4-6-11)7-14(8-12(15)13-16)9-20(2,17)18/h3-6,16H,7-9H2,1-2H3,(H,13,15)(H,17,18). The topological polar surface area (TPSA) is 99.1 Å². The van der Waals surface area contributed by atoms with Crippen molar-refractivity contribution in [3.63, 3.8) is 0 Å². The molecule has 0 radical (unpaired) electrons. The number of amides is 1. The third-order valence-electron chi connectivity index (χ3n) is 2.52. The van der Waals surface area contributed by atoms with Gasteiger partial charge in [0.15, 0.2) is 0 Å². The van der Waals surface area contributed by atoms with Gasteiger partial charge in [0.25, 0.3) is 5.91 Å². The summed E-state index contributed by atoms with van der Waals surface area (Å²) in [4.78, 5) is 22.1. The summed E-state index contributed by atoms with van der Waals surface area (Å²) in [5.41, 5.74) is 2.38. The van der Waals surface area contributed by atoms with E-state index in [1.54, 1.807) is 31.4 Å². The van der Waals surface area contributed by atoms with Crippen molar-refractivity contribution in [2.45, 2.75) is 6.54 Å². The highest BCUT2D eigenvalue weighted by Crippen LogP contribution is 2.36. The van der Waals surface area contributed by atoms with E-state index in [9.17, 15) is 14.3 Å². The zero-order valence-corrected chi connectivity index (χ0v) is 12.3. The molecule has 0 bridgehead atoms. The molecule has 8 heteroatoms. The number of methoxy groups -OCH3 is 1. The van der Waals surface area contributed by atoms with E-state index in [4.69, 9.17) is 9.94 Å². The normalized spacial score (nSPS) is 13.8. The van der Waals surface area contributed by atoms with E-state index in [0.717, 1.165) is 5.56 Å². The van der Waals surface area contributed by atoms with Gasteiger partial charge < -0.3 is 9.63 Å². The Morgan fingerprint density at radius 3 is 2.45 bits per heavy atom. The maximum Gasteiger partial charge on any atom is 0.257 e. The molecule has 0 saturated heterocycles. The summed E-state index contributed by atoms with van der Waals surface area (Å²) in [6.07, 6.45) is -0.132. The molecule has 0 spiro atoms. The molecule has 0 aliphatic carbocycles. The fraction of sp³-hybridized carbons (Fsp3) is 0.417. The number of hydrogen-bond acceptors (Lipinski definition) is 5. The van der Waals surface area contributed by atoms with Gasteiger partial charge >= 0.3 is 0 Å². The smallest absolute Gasteiger partial charge is 0.257 e. The first kappa shape index (κ1) is 16.7. The van der Waals surface area contributed by atoms with E-state index in [-0.39, 0.29) is 12.8 Å². The van der Waals surface area contributed by atoms with Crippen LogP contribution in [-0.4, -0.2) is 47.5 Å². The fourth-order valence-corrected chi connectivity index (χ4v) is 2.70. The van der Waals surface area contributed by atoms with Crippen molar-refractivity contribution in [2.24, 2.45) is 0 Å². The van der Waals surface area contributed by atoms with Crippen LogP contribution < -0.4 is 10.2 Å². The lowest BCUT2D eigenvalue weighted by Gasteiger charge is -2.22. The lowest BCUT2D eigenvalue weighted by atomic mass is 10.2. The van der Waals surface area contributed by atoms with Gasteiger partial charge in [-0.15, -0.1) is 0 Å². The van der Waals surface area contributed by atoms with E-state index in [1.807, 2.05) is 0 Å². The van der Waals surface area contributed by atoms with Gasteiger partial charge in [0.2, 0.25) is 7.37 Å². The van der Waals surface area contributed by atoms with Gasteiger partial charge in [-0.3, -0.25) is 19.5 Å². The monoisotopic (exact) mass is 302 g/mol. The fourth-order valence-electron chi connectivity index (χ4n) is 1.75. The van der Waals surface area contributed by atoms with Gasteiger partial charge in [-0.1, -0.05) is 12.1 Å². The van der Waals surface area contributed by atoms with Gasteiger partial charge in [0, 0.05) is 13.2 Å². The second-order valence-corrected chi connectivity index (χ2v) is 6.95. The third-order valence-corrected chi connectivity index (χ3v) is 3.44. The molecule has 0 aromatic heterocycles. The predicted octanol–water partition coefficient (Wildman–Crippen LogP) is 0.860. The Hall–Kier alpha value is -1.40. The molecular formula is C12H19N2O5P. The minimum Gasteiger partial charge on any atom is -0.497 e. The molecule has 1 aromatic carbocycles. The van der Waals surface area contributed by atoms with Crippen molar-refractivity contribution in [2.75, 3.05) is 26.6 Å². The Bertz CT molecular complexity index is 485. The highest BCUT2D eigenvalue weighted by Gasteiger charge is 2.19. The van der Waals surface area contributed by atoms with Crippen LogP contribution in [0.5, 0.6) is 5.75 Å². The molecule has 1 rings (SSSR count). The minimum atomic E-state index is -3.30. The molecule has 112 valence electrons. The SMILES string of the molecule is COc1ccc(CN(CC(=O)NO)CP(C)(=O)O)cc1. The summed E-state index contributed by atoms with van der Waals surface area (Å²) < 4.78 is 16.5. The molecule has 3 N–H and O–H groups in total. The highest BCUT2D eigenvalue weighted by atomic mass is 31.2. The van der Waals surface area contributed by atoms with Gasteiger partial charge in [-0.05, 0) is 17.7 Å². The number of nitrogens with zero attached hydrogens (tertiary/aromatic N) is 1. The maximum atomic E-state index is 11.5. The summed E-state index contributed by atoms with van der Waals surface area (Å²) in [6, 6.07) is 7.15. The van der Waals surface area contributed by atoms with Crippen molar-refractivity contribution in [3.05, 3.63) is 29.8 Å². The second-order valence-electron chi connectivity index (χ2n) is 4.56. The number of carbonyl (C=O) groups is 1. The van der Waals surface area contributed by atoms with Crippen LogP contribution >= 0.6 is 7.37 Å². The Morgan fingerprint density at radius 2 is 2.00 bits per heavy atom. The summed E-state index contributed by atoms with van der Waals surface area (Å²) in [7, 11) is -1.74. The molecule has 0 fully saturated rings. The first-order chi connectivity index (χ1) is 9.34. The van der Waals surface area contributed by atoms with Gasteiger partial charge in [0.05, 0.1) is 19.9 Å². The zero-order chi connectivity index (χ0) is 15.2. The number of carbonyl (C=O) groups excluding carboxylic acids is 1. The van der Waals surface area contributed by atoms with E-state index in [0.29, 0.717) is 12.3 Å². The second kappa shape index (κ2) is 7.40. The molecule has 20 heavy (non-hydrogen) atoms. The van der Waals surface area contributed by atoms with Crippen LogP contribution in [0.2, 0.25) is 0 Å².